The number of carbonyl (C=O) groups is 1. The van der Waals surface area contributed by atoms with Crippen LogP contribution in [0.3, 0.4) is 0 Å². The van der Waals surface area contributed by atoms with Crippen molar-refractivity contribution in [3.8, 4) is 5.75 Å². The average Bonchev–Trinajstić information content (AvgIpc) is 2.61. The van der Waals surface area contributed by atoms with E-state index in [9.17, 15) is 25.2 Å². The standard InChI is InChI=1S/C17H18O8/c18-7-12-13(19)14(20)15(21)17(25-12)24-11-4-3-8-5-10(16(22)23)2-1-9(8)6-11/h1-6,12-15,17-21H,7H2,(H,22,23)/t12-,13-,14+,15-,17+/m1/s1. The van der Waals surface area contributed by atoms with Crippen LogP contribution in [0.2, 0.25) is 0 Å². The van der Waals surface area contributed by atoms with Crippen LogP contribution in [0.5, 0.6) is 5.75 Å². The van der Waals surface area contributed by atoms with Crippen molar-refractivity contribution in [3.05, 3.63) is 42.0 Å². The molecule has 1 aliphatic rings. The molecule has 0 amide bonds. The van der Waals surface area contributed by atoms with Crippen molar-refractivity contribution in [1.82, 2.24) is 0 Å². The Morgan fingerprint density at radius 1 is 1.00 bits per heavy atom. The molecule has 3 rings (SSSR count). The van der Waals surface area contributed by atoms with Gasteiger partial charge in [0.05, 0.1) is 12.2 Å². The van der Waals surface area contributed by atoms with E-state index >= 15 is 0 Å². The number of aliphatic hydroxyl groups excluding tert-OH is 4. The topological polar surface area (TPSA) is 137 Å². The highest BCUT2D eigenvalue weighted by molar-refractivity contribution is 5.94. The first-order valence-electron chi connectivity index (χ1n) is 7.65. The number of hydrogen-bond acceptors (Lipinski definition) is 7. The molecule has 8 nitrogen and oxygen atoms in total. The zero-order valence-corrected chi connectivity index (χ0v) is 13.0. The highest BCUT2D eigenvalue weighted by Gasteiger charge is 2.44. The molecule has 0 radical (unpaired) electrons. The van der Waals surface area contributed by atoms with Crippen LogP contribution < -0.4 is 4.74 Å². The second-order valence-corrected chi connectivity index (χ2v) is 5.84. The van der Waals surface area contributed by atoms with Crippen LogP contribution in [-0.4, -0.2) is 68.8 Å². The molecule has 0 bridgehead atoms. The lowest BCUT2D eigenvalue weighted by Crippen LogP contribution is -2.60. The smallest absolute Gasteiger partial charge is 0.335 e. The monoisotopic (exact) mass is 350 g/mol. The van der Waals surface area contributed by atoms with Gasteiger partial charge < -0.3 is 35.0 Å². The van der Waals surface area contributed by atoms with Gasteiger partial charge in [-0.1, -0.05) is 12.1 Å². The molecule has 134 valence electrons. The van der Waals surface area contributed by atoms with E-state index in [2.05, 4.69) is 0 Å². The molecule has 1 fully saturated rings. The summed E-state index contributed by atoms with van der Waals surface area (Å²) in [5.41, 5.74) is 0.162. The number of fused-ring (bicyclic) bond motifs is 1. The Morgan fingerprint density at radius 2 is 1.68 bits per heavy atom. The van der Waals surface area contributed by atoms with Crippen molar-refractivity contribution in [2.75, 3.05) is 6.61 Å². The van der Waals surface area contributed by atoms with E-state index in [1.54, 1.807) is 24.3 Å². The van der Waals surface area contributed by atoms with Gasteiger partial charge in [-0.05, 0) is 35.0 Å². The Labute approximate surface area is 142 Å². The van der Waals surface area contributed by atoms with E-state index in [0.717, 1.165) is 0 Å². The van der Waals surface area contributed by atoms with Crippen molar-refractivity contribution in [1.29, 1.82) is 0 Å². The molecule has 0 aliphatic carbocycles. The van der Waals surface area contributed by atoms with Gasteiger partial charge in [0.25, 0.3) is 0 Å². The Balaban J connectivity index is 1.82. The molecule has 1 saturated heterocycles. The first-order chi connectivity index (χ1) is 11.9. The van der Waals surface area contributed by atoms with Crippen molar-refractivity contribution in [2.45, 2.75) is 30.7 Å². The van der Waals surface area contributed by atoms with Gasteiger partial charge in [0.15, 0.2) is 0 Å². The minimum atomic E-state index is -1.52. The third kappa shape index (κ3) is 3.44. The summed E-state index contributed by atoms with van der Waals surface area (Å²) >= 11 is 0. The van der Waals surface area contributed by atoms with Gasteiger partial charge in [-0.15, -0.1) is 0 Å². The molecule has 5 atom stereocenters. The van der Waals surface area contributed by atoms with Crippen LogP contribution in [0.4, 0.5) is 0 Å². The van der Waals surface area contributed by atoms with Crippen LogP contribution in [-0.2, 0) is 4.74 Å². The lowest BCUT2D eigenvalue weighted by molar-refractivity contribution is -0.277. The highest BCUT2D eigenvalue weighted by Crippen LogP contribution is 2.27. The summed E-state index contributed by atoms with van der Waals surface area (Å²) in [5, 5.41) is 49.1. The SMILES string of the molecule is O=C(O)c1ccc2cc(O[C@H]3O[C@H](CO)[C@@H](O)[C@H](O)[C@H]3O)ccc2c1. The van der Waals surface area contributed by atoms with Gasteiger partial charge in [0.2, 0.25) is 6.29 Å². The Morgan fingerprint density at radius 3 is 2.36 bits per heavy atom. The van der Waals surface area contributed by atoms with Crippen LogP contribution in [0.1, 0.15) is 10.4 Å². The number of ether oxygens (including phenoxy) is 2. The first-order valence-corrected chi connectivity index (χ1v) is 7.65. The van der Waals surface area contributed by atoms with Gasteiger partial charge in [-0.2, -0.15) is 0 Å². The van der Waals surface area contributed by atoms with Gasteiger partial charge in [-0.3, -0.25) is 0 Å². The number of aromatic carboxylic acids is 1. The number of aliphatic hydroxyl groups is 4. The Bertz CT molecular complexity index is 774. The predicted octanol–water partition coefficient (Wildman–Crippen LogP) is -0.283. The largest absolute Gasteiger partial charge is 0.478 e. The predicted molar refractivity (Wildman–Crippen MR) is 85.3 cm³/mol. The lowest BCUT2D eigenvalue weighted by atomic mass is 9.99. The van der Waals surface area contributed by atoms with Crippen molar-refractivity contribution >= 4 is 16.7 Å². The maximum atomic E-state index is 11.0. The number of rotatable bonds is 4. The summed E-state index contributed by atoms with van der Waals surface area (Å²) in [6, 6.07) is 9.45. The summed E-state index contributed by atoms with van der Waals surface area (Å²) in [6.07, 6.45) is -6.79. The van der Waals surface area contributed by atoms with Crippen LogP contribution in [0.25, 0.3) is 10.8 Å². The maximum absolute atomic E-state index is 11.0. The molecular weight excluding hydrogens is 332 g/mol. The van der Waals surface area contributed by atoms with E-state index in [-0.39, 0.29) is 5.56 Å². The average molecular weight is 350 g/mol. The fourth-order valence-corrected chi connectivity index (χ4v) is 2.73. The summed E-state index contributed by atoms with van der Waals surface area (Å²) in [7, 11) is 0. The summed E-state index contributed by atoms with van der Waals surface area (Å²) in [5.74, 6) is -0.705. The minimum Gasteiger partial charge on any atom is -0.478 e. The number of carboxylic acid groups (broad SMARTS) is 1. The first kappa shape index (κ1) is 17.6. The summed E-state index contributed by atoms with van der Waals surface area (Å²) in [4.78, 5) is 11.0. The molecule has 0 aromatic heterocycles. The number of carboxylic acids is 1. The van der Waals surface area contributed by atoms with E-state index in [1.807, 2.05) is 0 Å². The maximum Gasteiger partial charge on any atom is 0.335 e. The zero-order valence-electron chi connectivity index (χ0n) is 13.0. The number of benzene rings is 2. The third-order valence-corrected chi connectivity index (χ3v) is 4.16. The molecule has 0 saturated carbocycles. The second kappa shape index (κ2) is 6.95. The number of hydrogen-bond donors (Lipinski definition) is 5. The fraction of sp³-hybridized carbons (Fsp3) is 0.353. The van der Waals surface area contributed by atoms with Crippen LogP contribution >= 0.6 is 0 Å². The highest BCUT2D eigenvalue weighted by atomic mass is 16.7. The van der Waals surface area contributed by atoms with Crippen LogP contribution in [0, 0.1) is 0 Å². The normalized spacial score (nSPS) is 29.5. The summed E-state index contributed by atoms with van der Waals surface area (Å²) < 4.78 is 10.8. The van der Waals surface area contributed by atoms with E-state index < -0.39 is 43.3 Å². The molecule has 1 aliphatic heterocycles. The van der Waals surface area contributed by atoms with Crippen molar-refractivity contribution in [3.63, 3.8) is 0 Å². The molecule has 0 unspecified atom stereocenters. The quantitative estimate of drug-likeness (QED) is 0.508. The molecule has 25 heavy (non-hydrogen) atoms. The lowest BCUT2D eigenvalue weighted by Gasteiger charge is -2.39. The summed E-state index contributed by atoms with van der Waals surface area (Å²) in [6.45, 7) is -0.541. The molecular formula is C17H18O8. The molecule has 5 N–H and O–H groups in total. The molecule has 2 aromatic carbocycles. The van der Waals surface area contributed by atoms with Gasteiger partial charge >= 0.3 is 5.97 Å². The fourth-order valence-electron chi connectivity index (χ4n) is 2.73. The molecule has 2 aromatic rings. The van der Waals surface area contributed by atoms with Gasteiger partial charge in [0.1, 0.15) is 30.2 Å². The van der Waals surface area contributed by atoms with Crippen molar-refractivity contribution < 1.29 is 39.8 Å². The Kier molecular flexibility index (Phi) is 4.89. The third-order valence-electron chi connectivity index (χ3n) is 4.16. The van der Waals surface area contributed by atoms with Gasteiger partial charge in [0, 0.05) is 0 Å². The second-order valence-electron chi connectivity index (χ2n) is 5.84. The zero-order chi connectivity index (χ0) is 18.1. The molecule has 1 heterocycles. The Hall–Kier alpha value is -2.23. The van der Waals surface area contributed by atoms with E-state index in [1.165, 1.54) is 12.1 Å². The van der Waals surface area contributed by atoms with Gasteiger partial charge in [-0.25, -0.2) is 4.79 Å². The molecule has 8 heteroatoms. The van der Waals surface area contributed by atoms with E-state index in [4.69, 9.17) is 14.6 Å². The van der Waals surface area contributed by atoms with Crippen LogP contribution in [0.15, 0.2) is 36.4 Å². The minimum absolute atomic E-state index is 0.162. The van der Waals surface area contributed by atoms with E-state index in [0.29, 0.717) is 16.5 Å². The van der Waals surface area contributed by atoms with Crippen molar-refractivity contribution in [2.24, 2.45) is 0 Å². The molecule has 0 spiro atoms.